The van der Waals surface area contributed by atoms with Crippen LogP contribution >= 0.6 is 0 Å². The quantitative estimate of drug-likeness (QED) is 0.196. The summed E-state index contributed by atoms with van der Waals surface area (Å²) in [6.07, 6.45) is 0. The highest BCUT2D eigenvalue weighted by atomic mass is 15.2. The van der Waals surface area contributed by atoms with Crippen LogP contribution in [-0.4, -0.2) is 4.57 Å². The second-order valence-electron chi connectivity index (χ2n) is 12.0. The van der Waals surface area contributed by atoms with E-state index in [1.165, 1.54) is 21.9 Å². The Morgan fingerprint density at radius 1 is 0.644 bits per heavy atom. The van der Waals surface area contributed by atoms with E-state index in [2.05, 4.69) is 149 Å². The zero-order chi connectivity index (χ0) is 30.7. The summed E-state index contributed by atoms with van der Waals surface area (Å²) < 4.78 is 2.30. The van der Waals surface area contributed by atoms with Gasteiger partial charge in [-0.25, -0.2) is 4.85 Å². The first-order chi connectivity index (χ1) is 22.0. The van der Waals surface area contributed by atoms with Crippen molar-refractivity contribution in [1.29, 1.82) is 5.26 Å². The van der Waals surface area contributed by atoms with Crippen molar-refractivity contribution in [3.05, 3.63) is 162 Å². The van der Waals surface area contributed by atoms with Crippen molar-refractivity contribution >= 4 is 44.6 Å². The number of hydrogen-bond donors (Lipinski definition) is 0. The summed E-state index contributed by atoms with van der Waals surface area (Å²) in [6, 6.07) is 48.4. The summed E-state index contributed by atoms with van der Waals surface area (Å²) >= 11 is 0. The lowest BCUT2D eigenvalue weighted by atomic mass is 9.73. The minimum atomic E-state index is -0.193. The zero-order valence-electron chi connectivity index (χ0n) is 25.0. The van der Waals surface area contributed by atoms with Crippen LogP contribution in [0.3, 0.4) is 0 Å². The molecular formula is C41H28N4. The Hall–Kier alpha value is -6.10. The van der Waals surface area contributed by atoms with Gasteiger partial charge in [0.05, 0.1) is 35.0 Å². The maximum absolute atomic E-state index is 10.2. The lowest BCUT2D eigenvalue weighted by Crippen LogP contribution is -2.30. The number of aromatic nitrogens is 1. The van der Waals surface area contributed by atoms with Crippen LogP contribution in [0, 0.1) is 17.9 Å². The van der Waals surface area contributed by atoms with Gasteiger partial charge in [0.15, 0.2) is 5.69 Å². The summed E-state index contributed by atoms with van der Waals surface area (Å²) in [5, 5.41) is 12.6. The van der Waals surface area contributed by atoms with E-state index < -0.39 is 0 Å². The van der Waals surface area contributed by atoms with Gasteiger partial charge in [0.25, 0.3) is 0 Å². The van der Waals surface area contributed by atoms with Gasteiger partial charge in [-0.05, 0) is 65.2 Å². The summed E-state index contributed by atoms with van der Waals surface area (Å²) in [5.41, 5.74) is 11.1. The van der Waals surface area contributed by atoms with Crippen LogP contribution in [-0.2, 0) is 5.41 Å². The Morgan fingerprint density at radius 2 is 1.20 bits per heavy atom. The normalized spacial score (nSPS) is 13.2. The molecule has 7 aromatic rings. The number of fused-ring (bicyclic) bond motifs is 5. The van der Waals surface area contributed by atoms with Crippen LogP contribution in [0.4, 0.5) is 22.7 Å². The molecule has 1 aliphatic heterocycles. The predicted octanol–water partition coefficient (Wildman–Crippen LogP) is 11.0. The molecule has 0 unspecified atom stereocenters. The molecule has 4 heteroatoms. The number of hydrogen-bond acceptors (Lipinski definition) is 2. The molecular weight excluding hydrogens is 548 g/mol. The van der Waals surface area contributed by atoms with Crippen molar-refractivity contribution in [1.82, 2.24) is 4.57 Å². The van der Waals surface area contributed by atoms with Gasteiger partial charge in [-0.15, -0.1) is 0 Å². The molecule has 0 fully saturated rings. The van der Waals surface area contributed by atoms with Crippen molar-refractivity contribution in [2.24, 2.45) is 0 Å². The highest BCUT2D eigenvalue weighted by molar-refractivity contribution is 6.09. The number of anilines is 3. The SMILES string of the molecule is [C-]#[N+]c1cccc(C#N)c1-c1cc(N2c3ccccc3C(C)(C)c3ccccc32)cc(-n2c3ccccc3c3ccccc32)c1. The molecule has 2 heterocycles. The van der Waals surface area contributed by atoms with Gasteiger partial charge in [0.1, 0.15) is 0 Å². The Morgan fingerprint density at radius 3 is 1.80 bits per heavy atom. The molecule has 8 rings (SSSR count). The summed E-state index contributed by atoms with van der Waals surface area (Å²) in [7, 11) is 0. The smallest absolute Gasteiger partial charge is 0.196 e. The molecule has 0 spiro atoms. The van der Waals surface area contributed by atoms with Crippen molar-refractivity contribution in [2.75, 3.05) is 4.90 Å². The van der Waals surface area contributed by atoms with Crippen LogP contribution in [0.25, 0.3) is 43.5 Å². The number of rotatable bonds is 3. The van der Waals surface area contributed by atoms with Crippen LogP contribution in [0.5, 0.6) is 0 Å². The van der Waals surface area contributed by atoms with Crippen LogP contribution in [0.1, 0.15) is 30.5 Å². The van der Waals surface area contributed by atoms with Gasteiger partial charge in [-0.2, -0.15) is 5.26 Å². The third-order valence-corrected chi connectivity index (χ3v) is 9.21. The maximum atomic E-state index is 10.2. The Labute approximate surface area is 262 Å². The first-order valence-electron chi connectivity index (χ1n) is 15.0. The zero-order valence-corrected chi connectivity index (χ0v) is 25.0. The van der Waals surface area contributed by atoms with E-state index >= 15 is 0 Å². The molecule has 1 aliphatic rings. The molecule has 0 atom stereocenters. The van der Waals surface area contributed by atoms with Crippen LogP contribution in [0.15, 0.2) is 133 Å². The minimum Gasteiger partial charge on any atom is -0.310 e. The average Bonchev–Trinajstić information content (AvgIpc) is 3.42. The third-order valence-electron chi connectivity index (χ3n) is 9.21. The standard InChI is InChI=1S/C41H28N4/c1-41(2)33-16-6-10-21-38(33)45(39-22-11-7-17-34(39)41)30-24-28(40-27(26-42)13-12-18-35(40)43-3)23-29(25-30)44-36-19-8-4-14-31(36)32-15-5-9-20-37(32)44/h4-25H,1-2H3. The Kier molecular flexibility index (Phi) is 5.88. The largest absolute Gasteiger partial charge is 0.310 e. The van der Waals surface area contributed by atoms with Gasteiger partial charge in [0.2, 0.25) is 0 Å². The van der Waals surface area contributed by atoms with Gasteiger partial charge < -0.3 is 9.47 Å². The average molecular weight is 577 g/mol. The topological polar surface area (TPSA) is 36.3 Å². The highest BCUT2D eigenvalue weighted by Gasteiger charge is 2.36. The number of benzene rings is 6. The number of para-hydroxylation sites is 4. The fourth-order valence-electron chi connectivity index (χ4n) is 7.18. The first-order valence-corrected chi connectivity index (χ1v) is 15.0. The maximum Gasteiger partial charge on any atom is 0.196 e. The highest BCUT2D eigenvalue weighted by Crippen LogP contribution is 2.52. The Bertz CT molecular complexity index is 2260. The van der Waals surface area contributed by atoms with Crippen molar-refractivity contribution < 1.29 is 0 Å². The lowest BCUT2D eigenvalue weighted by Gasteiger charge is -2.42. The molecule has 6 aromatic carbocycles. The molecule has 0 N–H and O–H groups in total. The summed E-state index contributed by atoms with van der Waals surface area (Å²) in [6.45, 7) is 12.6. The molecule has 4 nitrogen and oxygen atoms in total. The summed E-state index contributed by atoms with van der Waals surface area (Å²) in [4.78, 5) is 6.20. The molecule has 0 saturated carbocycles. The molecule has 0 saturated heterocycles. The molecule has 1 aromatic heterocycles. The van der Waals surface area contributed by atoms with E-state index in [0.717, 1.165) is 39.3 Å². The van der Waals surface area contributed by atoms with Crippen LogP contribution < -0.4 is 4.90 Å². The lowest BCUT2D eigenvalue weighted by molar-refractivity contribution is 0.632. The fraction of sp³-hybridized carbons (Fsp3) is 0.0732. The molecule has 0 amide bonds. The number of nitriles is 1. The van der Waals surface area contributed by atoms with Crippen molar-refractivity contribution in [3.63, 3.8) is 0 Å². The Balaban J connectivity index is 1.50. The molecule has 45 heavy (non-hydrogen) atoms. The molecule has 212 valence electrons. The monoisotopic (exact) mass is 576 g/mol. The third kappa shape index (κ3) is 3.90. The van der Waals surface area contributed by atoms with Gasteiger partial charge in [-0.3, -0.25) is 0 Å². The minimum absolute atomic E-state index is 0.193. The van der Waals surface area contributed by atoms with Gasteiger partial charge >= 0.3 is 0 Å². The molecule has 0 aliphatic carbocycles. The summed E-state index contributed by atoms with van der Waals surface area (Å²) in [5.74, 6) is 0. The second kappa shape index (κ2) is 9.98. The molecule has 0 bridgehead atoms. The van der Waals surface area contributed by atoms with Crippen LogP contribution in [0.2, 0.25) is 0 Å². The second-order valence-corrected chi connectivity index (χ2v) is 12.0. The van der Waals surface area contributed by atoms with E-state index in [-0.39, 0.29) is 5.41 Å². The van der Waals surface area contributed by atoms with Crippen molar-refractivity contribution in [2.45, 2.75) is 19.3 Å². The van der Waals surface area contributed by atoms with E-state index in [0.29, 0.717) is 16.8 Å². The van der Waals surface area contributed by atoms with E-state index in [1.54, 1.807) is 18.2 Å². The van der Waals surface area contributed by atoms with Gasteiger partial charge in [0, 0.05) is 38.7 Å². The number of nitrogens with zero attached hydrogens (tertiary/aromatic N) is 4. The van der Waals surface area contributed by atoms with E-state index in [1.807, 2.05) is 0 Å². The first kappa shape index (κ1) is 26.5. The van der Waals surface area contributed by atoms with Crippen molar-refractivity contribution in [3.8, 4) is 22.9 Å². The molecule has 0 radical (unpaired) electrons. The van der Waals surface area contributed by atoms with E-state index in [9.17, 15) is 5.26 Å². The van der Waals surface area contributed by atoms with E-state index in [4.69, 9.17) is 6.57 Å². The predicted molar refractivity (Wildman–Crippen MR) is 184 cm³/mol. The van der Waals surface area contributed by atoms with Gasteiger partial charge in [-0.1, -0.05) is 98.8 Å². The fourth-order valence-corrected chi connectivity index (χ4v) is 7.18.